The van der Waals surface area contributed by atoms with Gasteiger partial charge in [0.2, 0.25) is 0 Å². The average molecular weight is 170 g/mol. The molecule has 0 aromatic rings. The summed E-state index contributed by atoms with van der Waals surface area (Å²) in [5.74, 6) is 0.929. The van der Waals surface area contributed by atoms with Crippen molar-refractivity contribution in [1.82, 2.24) is 0 Å². The van der Waals surface area contributed by atoms with Crippen LogP contribution in [0.1, 0.15) is 33.1 Å². The molecule has 0 aromatic heterocycles. The molecule has 0 N–H and O–H groups in total. The summed E-state index contributed by atoms with van der Waals surface area (Å²) in [6, 6.07) is 0. The van der Waals surface area contributed by atoms with Crippen LogP contribution in [0.5, 0.6) is 0 Å². The van der Waals surface area contributed by atoms with Gasteiger partial charge in [0.1, 0.15) is 0 Å². The molecule has 12 heavy (non-hydrogen) atoms. The Kier molecular flexibility index (Phi) is 2.37. The molecule has 0 amide bonds. The molecule has 3 fully saturated rings. The number of epoxide rings is 2. The maximum atomic E-state index is 5.35. The van der Waals surface area contributed by atoms with E-state index in [2.05, 4.69) is 13.8 Å². The highest BCUT2D eigenvalue weighted by molar-refractivity contribution is 4.90. The first kappa shape index (κ1) is 8.52. The minimum absolute atomic E-state index is 0.583. The van der Waals surface area contributed by atoms with Crippen LogP contribution in [-0.4, -0.2) is 24.9 Å². The lowest BCUT2D eigenvalue weighted by molar-refractivity contribution is 0.367. The summed E-state index contributed by atoms with van der Waals surface area (Å²) < 4.78 is 10.1. The molecule has 2 heteroatoms. The molecule has 0 spiro atoms. The molecule has 0 bridgehead atoms. The minimum Gasteiger partial charge on any atom is -0.373 e. The lowest BCUT2D eigenvalue weighted by Crippen LogP contribution is -2.09. The van der Waals surface area contributed by atoms with E-state index in [0.717, 1.165) is 12.5 Å². The standard InChI is InChI=1S/C7H12O.C3H6O/c1-5-2-3-6-7(4-5)8-6;1-3-2-4-3/h5-7H,2-4H2,1H3;3H,2H2,1H3/t5-,6?,7?;3-/m11/s1. The Bertz CT molecular complexity index is 154. The third-order valence-electron chi connectivity index (χ3n) is 2.77. The van der Waals surface area contributed by atoms with Crippen LogP contribution < -0.4 is 0 Å². The van der Waals surface area contributed by atoms with E-state index in [1.807, 2.05) is 0 Å². The third-order valence-corrected chi connectivity index (χ3v) is 2.77. The average Bonchev–Trinajstić information content (AvgIpc) is 2.86. The number of rotatable bonds is 0. The van der Waals surface area contributed by atoms with Crippen LogP contribution in [-0.2, 0) is 9.47 Å². The zero-order valence-electron chi connectivity index (χ0n) is 7.95. The molecule has 1 aliphatic carbocycles. The first-order valence-electron chi connectivity index (χ1n) is 5.03. The van der Waals surface area contributed by atoms with Crippen molar-refractivity contribution in [1.29, 1.82) is 0 Å². The monoisotopic (exact) mass is 170 g/mol. The van der Waals surface area contributed by atoms with Crippen LogP contribution in [0.25, 0.3) is 0 Å². The van der Waals surface area contributed by atoms with Crippen molar-refractivity contribution in [2.45, 2.75) is 51.4 Å². The summed E-state index contributed by atoms with van der Waals surface area (Å²) in [6.45, 7) is 5.36. The lowest BCUT2D eigenvalue weighted by atomic mass is 9.91. The second-order valence-corrected chi connectivity index (χ2v) is 4.28. The highest BCUT2D eigenvalue weighted by atomic mass is 16.6. The molecule has 3 rings (SSSR count). The molecule has 3 aliphatic rings. The van der Waals surface area contributed by atoms with Crippen LogP contribution in [0, 0.1) is 5.92 Å². The maximum Gasteiger partial charge on any atom is 0.0844 e. The van der Waals surface area contributed by atoms with Gasteiger partial charge in [0, 0.05) is 0 Å². The van der Waals surface area contributed by atoms with Crippen molar-refractivity contribution >= 4 is 0 Å². The Hall–Kier alpha value is -0.0800. The summed E-state index contributed by atoms with van der Waals surface area (Å²) in [7, 11) is 0. The third kappa shape index (κ3) is 2.46. The fraction of sp³-hybridized carbons (Fsp3) is 1.00. The van der Waals surface area contributed by atoms with Crippen LogP contribution in [0.15, 0.2) is 0 Å². The summed E-state index contributed by atoms with van der Waals surface area (Å²) in [5, 5.41) is 0. The summed E-state index contributed by atoms with van der Waals surface area (Å²) >= 11 is 0. The van der Waals surface area contributed by atoms with Gasteiger partial charge in [-0.2, -0.15) is 0 Å². The molecule has 1 saturated carbocycles. The molecule has 70 valence electrons. The second kappa shape index (κ2) is 3.35. The van der Waals surface area contributed by atoms with Gasteiger partial charge in [-0.15, -0.1) is 0 Å². The highest BCUT2D eigenvalue weighted by Gasteiger charge is 2.42. The minimum atomic E-state index is 0.583. The summed E-state index contributed by atoms with van der Waals surface area (Å²) in [5.41, 5.74) is 0. The van der Waals surface area contributed by atoms with Gasteiger partial charge in [-0.3, -0.25) is 0 Å². The van der Waals surface area contributed by atoms with Gasteiger partial charge in [0.15, 0.2) is 0 Å². The smallest absolute Gasteiger partial charge is 0.0844 e. The zero-order valence-corrected chi connectivity index (χ0v) is 7.95. The van der Waals surface area contributed by atoms with E-state index in [4.69, 9.17) is 9.47 Å². The van der Waals surface area contributed by atoms with E-state index < -0.39 is 0 Å². The van der Waals surface area contributed by atoms with Gasteiger partial charge >= 0.3 is 0 Å². The maximum absolute atomic E-state index is 5.35. The molecular formula is C10H18O2. The SMILES string of the molecule is C[C@@H]1CCC2OC2C1.C[C@@H]1CO1. The Morgan fingerprint density at radius 2 is 1.75 bits per heavy atom. The highest BCUT2D eigenvalue weighted by Crippen LogP contribution is 2.38. The molecule has 2 nitrogen and oxygen atoms in total. The molecule has 4 atom stereocenters. The summed E-state index contributed by atoms with van der Waals surface area (Å²) in [6.07, 6.45) is 5.99. The van der Waals surface area contributed by atoms with Crippen molar-refractivity contribution in [2.24, 2.45) is 5.92 Å². The lowest BCUT2D eigenvalue weighted by Gasteiger charge is -2.11. The number of ether oxygens (including phenoxy) is 2. The van der Waals surface area contributed by atoms with E-state index >= 15 is 0 Å². The van der Waals surface area contributed by atoms with Crippen molar-refractivity contribution in [3.63, 3.8) is 0 Å². The summed E-state index contributed by atoms with van der Waals surface area (Å²) in [4.78, 5) is 0. The molecule has 0 radical (unpaired) electrons. The fourth-order valence-electron chi connectivity index (χ4n) is 1.70. The van der Waals surface area contributed by atoms with Gasteiger partial charge < -0.3 is 9.47 Å². The predicted octanol–water partition coefficient (Wildman–Crippen LogP) is 1.98. The molecule has 0 aromatic carbocycles. The van der Waals surface area contributed by atoms with E-state index in [1.54, 1.807) is 0 Å². The van der Waals surface area contributed by atoms with Crippen LogP contribution >= 0.6 is 0 Å². The van der Waals surface area contributed by atoms with Crippen molar-refractivity contribution in [2.75, 3.05) is 6.61 Å². The van der Waals surface area contributed by atoms with Gasteiger partial charge in [0.05, 0.1) is 24.9 Å². The molecule has 2 aliphatic heterocycles. The molecule has 2 saturated heterocycles. The van der Waals surface area contributed by atoms with E-state index in [1.165, 1.54) is 19.3 Å². The van der Waals surface area contributed by atoms with Gasteiger partial charge in [-0.05, 0) is 32.1 Å². The quantitative estimate of drug-likeness (QED) is 0.519. The van der Waals surface area contributed by atoms with E-state index in [0.29, 0.717) is 18.3 Å². The first-order chi connectivity index (χ1) is 5.75. The van der Waals surface area contributed by atoms with Crippen LogP contribution in [0.2, 0.25) is 0 Å². The van der Waals surface area contributed by atoms with Gasteiger partial charge in [0.25, 0.3) is 0 Å². The van der Waals surface area contributed by atoms with Gasteiger partial charge in [-0.25, -0.2) is 0 Å². The van der Waals surface area contributed by atoms with E-state index in [-0.39, 0.29) is 0 Å². The Morgan fingerprint density at radius 1 is 1.08 bits per heavy atom. The van der Waals surface area contributed by atoms with E-state index in [9.17, 15) is 0 Å². The van der Waals surface area contributed by atoms with Crippen molar-refractivity contribution in [3.05, 3.63) is 0 Å². The van der Waals surface area contributed by atoms with Crippen LogP contribution in [0.3, 0.4) is 0 Å². The Balaban J connectivity index is 0.000000119. The first-order valence-corrected chi connectivity index (χ1v) is 5.03. The molecule has 2 unspecified atom stereocenters. The molecular weight excluding hydrogens is 152 g/mol. The number of hydrogen-bond acceptors (Lipinski definition) is 2. The Labute approximate surface area is 74.2 Å². The van der Waals surface area contributed by atoms with Gasteiger partial charge in [-0.1, -0.05) is 6.92 Å². The molecule has 2 heterocycles. The predicted molar refractivity (Wildman–Crippen MR) is 47.1 cm³/mol. The normalized spacial score (nSPS) is 48.5. The largest absolute Gasteiger partial charge is 0.373 e. The Morgan fingerprint density at radius 3 is 2.17 bits per heavy atom. The second-order valence-electron chi connectivity index (χ2n) is 4.28. The topological polar surface area (TPSA) is 25.1 Å². The van der Waals surface area contributed by atoms with Crippen molar-refractivity contribution in [3.8, 4) is 0 Å². The number of fused-ring (bicyclic) bond motifs is 1. The zero-order chi connectivity index (χ0) is 8.55. The number of hydrogen-bond donors (Lipinski definition) is 0. The van der Waals surface area contributed by atoms with Crippen molar-refractivity contribution < 1.29 is 9.47 Å². The van der Waals surface area contributed by atoms with Crippen LogP contribution in [0.4, 0.5) is 0 Å². The fourth-order valence-corrected chi connectivity index (χ4v) is 1.70.